The van der Waals surface area contributed by atoms with Gasteiger partial charge in [0.05, 0.1) is 52.8 Å². The third kappa shape index (κ3) is 21.2. The molecular formula is C21H41N3O5. The molecular weight excluding hydrogens is 374 g/mol. The van der Waals surface area contributed by atoms with E-state index in [4.69, 9.17) is 18.9 Å². The Hall–Kier alpha value is -1.35. The molecule has 29 heavy (non-hydrogen) atoms. The molecule has 0 saturated carbocycles. The number of unbranched alkanes of at least 4 members (excludes halogenated alkanes) is 1. The van der Waals surface area contributed by atoms with E-state index < -0.39 is 0 Å². The summed E-state index contributed by atoms with van der Waals surface area (Å²) in [5.41, 5.74) is 2.14. The van der Waals surface area contributed by atoms with E-state index in [0.717, 1.165) is 37.2 Å². The summed E-state index contributed by atoms with van der Waals surface area (Å²) in [5.74, 6) is -0.160. The van der Waals surface area contributed by atoms with Gasteiger partial charge in [-0.3, -0.25) is 14.8 Å². The van der Waals surface area contributed by atoms with E-state index in [1.165, 1.54) is 0 Å². The number of nitrogens with one attached hydrogen (secondary N) is 1. The fourth-order valence-corrected chi connectivity index (χ4v) is 2.02. The SMILES string of the molecule is CCCCN=C(C)COCCOCCNC(=O)COCCOCCN=C(C)CC. The summed E-state index contributed by atoms with van der Waals surface area (Å²) in [6.07, 6.45) is 3.22. The molecule has 0 atom stereocenters. The molecule has 1 amide bonds. The first kappa shape index (κ1) is 27.6. The van der Waals surface area contributed by atoms with Crippen molar-refractivity contribution in [2.24, 2.45) is 9.98 Å². The molecule has 0 bridgehead atoms. The minimum Gasteiger partial charge on any atom is -0.377 e. The van der Waals surface area contributed by atoms with Crippen molar-refractivity contribution in [2.45, 2.75) is 47.0 Å². The van der Waals surface area contributed by atoms with Crippen molar-refractivity contribution in [1.82, 2.24) is 5.32 Å². The lowest BCUT2D eigenvalue weighted by atomic mass is 10.3. The highest BCUT2D eigenvalue weighted by molar-refractivity contribution is 5.83. The highest BCUT2D eigenvalue weighted by Crippen LogP contribution is 1.90. The molecule has 0 aliphatic heterocycles. The van der Waals surface area contributed by atoms with Crippen LogP contribution in [0.15, 0.2) is 9.98 Å². The molecule has 0 aliphatic carbocycles. The van der Waals surface area contributed by atoms with Crippen LogP contribution in [0.25, 0.3) is 0 Å². The molecule has 1 N–H and O–H groups in total. The van der Waals surface area contributed by atoms with E-state index in [9.17, 15) is 4.79 Å². The topological polar surface area (TPSA) is 90.7 Å². The van der Waals surface area contributed by atoms with Gasteiger partial charge in [0, 0.05) is 24.5 Å². The van der Waals surface area contributed by atoms with Gasteiger partial charge in [0.15, 0.2) is 0 Å². The van der Waals surface area contributed by atoms with Crippen LogP contribution in [0.1, 0.15) is 47.0 Å². The van der Waals surface area contributed by atoms with Crippen LogP contribution >= 0.6 is 0 Å². The number of rotatable bonds is 20. The van der Waals surface area contributed by atoms with Crippen LogP contribution in [-0.2, 0) is 23.7 Å². The second-order valence-corrected chi connectivity index (χ2v) is 6.62. The van der Waals surface area contributed by atoms with Gasteiger partial charge in [-0.15, -0.1) is 0 Å². The van der Waals surface area contributed by atoms with Crippen LogP contribution in [0.5, 0.6) is 0 Å². The van der Waals surface area contributed by atoms with Crippen molar-refractivity contribution in [2.75, 3.05) is 72.5 Å². The van der Waals surface area contributed by atoms with Gasteiger partial charge in [0.1, 0.15) is 6.61 Å². The molecule has 0 aromatic carbocycles. The third-order valence-corrected chi connectivity index (χ3v) is 3.88. The van der Waals surface area contributed by atoms with Crippen molar-refractivity contribution in [3.8, 4) is 0 Å². The van der Waals surface area contributed by atoms with E-state index in [1.807, 2.05) is 13.8 Å². The number of carbonyl (C=O) groups excluding carboxylic acids is 1. The Morgan fingerprint density at radius 3 is 2.07 bits per heavy atom. The van der Waals surface area contributed by atoms with Gasteiger partial charge < -0.3 is 24.3 Å². The summed E-state index contributed by atoms with van der Waals surface area (Å²) in [4.78, 5) is 20.4. The quantitative estimate of drug-likeness (QED) is 0.243. The molecule has 0 aliphatic rings. The molecule has 0 heterocycles. The van der Waals surface area contributed by atoms with Gasteiger partial charge in [-0.25, -0.2) is 0 Å². The van der Waals surface area contributed by atoms with Crippen LogP contribution in [0.2, 0.25) is 0 Å². The number of amides is 1. The largest absolute Gasteiger partial charge is 0.377 e. The predicted octanol–water partition coefficient (Wildman–Crippen LogP) is 2.30. The summed E-state index contributed by atoms with van der Waals surface area (Å²) >= 11 is 0. The standard InChI is InChI=1S/C21H41N3O5/c1-5-7-8-22-20(4)17-28-15-13-27-12-10-24-21(25)18-29-16-14-26-11-9-23-19(3)6-2/h5-18H2,1-4H3,(H,24,25). The number of hydrogen-bond acceptors (Lipinski definition) is 7. The smallest absolute Gasteiger partial charge is 0.246 e. The molecule has 0 spiro atoms. The molecule has 0 saturated heterocycles. The number of hydrogen-bond donors (Lipinski definition) is 1. The number of carbonyl (C=O) groups is 1. The zero-order valence-corrected chi connectivity index (χ0v) is 18.8. The minimum absolute atomic E-state index is 0.0240. The van der Waals surface area contributed by atoms with E-state index >= 15 is 0 Å². The Morgan fingerprint density at radius 2 is 1.38 bits per heavy atom. The fourth-order valence-electron chi connectivity index (χ4n) is 2.02. The van der Waals surface area contributed by atoms with Crippen molar-refractivity contribution in [3.63, 3.8) is 0 Å². The Labute approximate surface area is 176 Å². The molecule has 170 valence electrons. The van der Waals surface area contributed by atoms with Crippen LogP contribution in [0.4, 0.5) is 0 Å². The van der Waals surface area contributed by atoms with E-state index in [2.05, 4.69) is 29.1 Å². The van der Waals surface area contributed by atoms with Gasteiger partial charge >= 0.3 is 0 Å². The van der Waals surface area contributed by atoms with Gasteiger partial charge in [-0.1, -0.05) is 20.3 Å². The molecule has 0 rings (SSSR count). The van der Waals surface area contributed by atoms with Crippen LogP contribution in [0, 0.1) is 0 Å². The van der Waals surface area contributed by atoms with Crippen molar-refractivity contribution in [3.05, 3.63) is 0 Å². The summed E-state index contributed by atoms with van der Waals surface area (Å²) in [5, 5.41) is 2.74. The summed E-state index contributed by atoms with van der Waals surface area (Å²) in [7, 11) is 0. The summed E-state index contributed by atoms with van der Waals surface area (Å²) < 4.78 is 21.6. The van der Waals surface area contributed by atoms with E-state index in [1.54, 1.807) is 0 Å². The first-order valence-corrected chi connectivity index (χ1v) is 10.7. The monoisotopic (exact) mass is 415 g/mol. The number of ether oxygens (including phenoxy) is 4. The zero-order chi connectivity index (χ0) is 21.6. The fraction of sp³-hybridized carbons (Fsp3) is 0.857. The lowest BCUT2D eigenvalue weighted by Crippen LogP contribution is -2.31. The third-order valence-electron chi connectivity index (χ3n) is 3.88. The normalized spacial score (nSPS) is 12.4. The maximum absolute atomic E-state index is 11.6. The summed E-state index contributed by atoms with van der Waals surface area (Å²) in [6, 6.07) is 0. The molecule has 0 aromatic heterocycles. The Morgan fingerprint density at radius 1 is 0.759 bits per heavy atom. The predicted molar refractivity (Wildman–Crippen MR) is 117 cm³/mol. The lowest BCUT2D eigenvalue weighted by molar-refractivity contribution is -0.126. The van der Waals surface area contributed by atoms with Crippen LogP contribution < -0.4 is 5.32 Å². The Balaban J connectivity index is 3.35. The molecule has 8 nitrogen and oxygen atoms in total. The second kappa shape index (κ2) is 21.4. The average Bonchev–Trinajstić information content (AvgIpc) is 2.71. The van der Waals surface area contributed by atoms with Crippen molar-refractivity contribution < 1.29 is 23.7 Å². The van der Waals surface area contributed by atoms with Crippen LogP contribution in [-0.4, -0.2) is 89.8 Å². The number of aliphatic imine (C=N–C) groups is 2. The Bertz CT molecular complexity index is 456. The maximum atomic E-state index is 11.6. The number of nitrogens with zero attached hydrogens (tertiary/aromatic N) is 2. The second-order valence-electron chi connectivity index (χ2n) is 6.62. The van der Waals surface area contributed by atoms with Gasteiger partial charge in [0.2, 0.25) is 5.91 Å². The zero-order valence-electron chi connectivity index (χ0n) is 18.8. The van der Waals surface area contributed by atoms with Gasteiger partial charge in [0.25, 0.3) is 0 Å². The molecule has 0 unspecified atom stereocenters. The van der Waals surface area contributed by atoms with E-state index in [-0.39, 0.29) is 12.5 Å². The molecule has 0 radical (unpaired) electrons. The molecule has 8 heteroatoms. The first-order chi connectivity index (χ1) is 14.1. The minimum atomic E-state index is -0.160. The highest BCUT2D eigenvalue weighted by atomic mass is 16.5. The van der Waals surface area contributed by atoms with Crippen LogP contribution in [0.3, 0.4) is 0 Å². The highest BCUT2D eigenvalue weighted by Gasteiger charge is 2.01. The average molecular weight is 416 g/mol. The lowest BCUT2D eigenvalue weighted by Gasteiger charge is -2.08. The summed E-state index contributed by atoms with van der Waals surface area (Å²) in [6.45, 7) is 13.6. The molecule has 0 fully saturated rings. The van der Waals surface area contributed by atoms with Crippen molar-refractivity contribution >= 4 is 17.3 Å². The Kier molecular flexibility index (Phi) is 20.4. The maximum Gasteiger partial charge on any atom is 0.246 e. The van der Waals surface area contributed by atoms with E-state index in [0.29, 0.717) is 59.3 Å². The first-order valence-electron chi connectivity index (χ1n) is 10.7. The van der Waals surface area contributed by atoms with Gasteiger partial charge in [-0.05, 0) is 26.7 Å². The molecule has 0 aromatic rings. The van der Waals surface area contributed by atoms with Gasteiger partial charge in [-0.2, -0.15) is 0 Å². The van der Waals surface area contributed by atoms with Crippen molar-refractivity contribution in [1.29, 1.82) is 0 Å².